The molecule has 1 heterocycles. The van der Waals surface area contributed by atoms with Gasteiger partial charge in [-0.15, -0.1) is 0 Å². The summed E-state index contributed by atoms with van der Waals surface area (Å²) in [6, 6.07) is 3.81. The molecular weight excluding hydrogens is 366 g/mol. The van der Waals surface area contributed by atoms with Crippen LogP contribution in [0.25, 0.3) is 0 Å². The molecule has 0 bridgehead atoms. The Labute approximate surface area is 143 Å². The number of aryl methyl sites for hydroxylation is 2. The zero-order valence-corrected chi connectivity index (χ0v) is 15.0. The summed E-state index contributed by atoms with van der Waals surface area (Å²) in [5.74, 6) is -1.22. The summed E-state index contributed by atoms with van der Waals surface area (Å²) in [6.45, 7) is 4.05. The lowest BCUT2D eigenvalue weighted by molar-refractivity contribution is -0.140. The quantitative estimate of drug-likeness (QED) is 0.747. The summed E-state index contributed by atoms with van der Waals surface area (Å²) < 4.78 is 16.0. The molecule has 6 nitrogen and oxygen atoms in total. The largest absolute Gasteiger partial charge is 0.466 e. The van der Waals surface area contributed by atoms with E-state index in [4.69, 9.17) is 14.2 Å². The third-order valence-electron chi connectivity index (χ3n) is 3.57. The maximum absolute atomic E-state index is 12.2. The van der Waals surface area contributed by atoms with Crippen LogP contribution in [0.1, 0.15) is 11.1 Å². The molecule has 0 saturated heterocycles. The average molecular weight is 384 g/mol. The Hall–Kier alpha value is -1.86. The zero-order valence-electron chi connectivity index (χ0n) is 13.4. The Morgan fingerprint density at radius 1 is 1.13 bits per heavy atom. The van der Waals surface area contributed by atoms with Crippen molar-refractivity contribution >= 4 is 33.6 Å². The van der Waals surface area contributed by atoms with Crippen molar-refractivity contribution in [3.63, 3.8) is 0 Å². The molecule has 0 aromatic heterocycles. The van der Waals surface area contributed by atoms with Crippen LogP contribution in [0, 0.1) is 13.8 Å². The van der Waals surface area contributed by atoms with Gasteiger partial charge in [0.1, 0.15) is 12.4 Å². The number of esters is 2. The highest BCUT2D eigenvalue weighted by atomic mass is 79.9. The van der Waals surface area contributed by atoms with Crippen LogP contribution in [0.3, 0.4) is 0 Å². The van der Waals surface area contributed by atoms with Gasteiger partial charge in [-0.3, -0.25) is 0 Å². The Morgan fingerprint density at radius 3 is 2.22 bits per heavy atom. The monoisotopic (exact) mass is 383 g/mol. The van der Waals surface area contributed by atoms with Crippen LogP contribution >= 0.6 is 15.9 Å². The van der Waals surface area contributed by atoms with E-state index in [-0.39, 0.29) is 24.6 Å². The topological polar surface area (TPSA) is 65.1 Å². The van der Waals surface area contributed by atoms with E-state index in [1.54, 1.807) is 4.90 Å². The molecule has 124 valence electrons. The first kappa shape index (κ1) is 17.5. The van der Waals surface area contributed by atoms with Gasteiger partial charge in [0.15, 0.2) is 0 Å². The summed E-state index contributed by atoms with van der Waals surface area (Å²) in [6.07, 6.45) is 0. The molecule has 0 atom stereocenters. The highest BCUT2D eigenvalue weighted by Gasteiger charge is 2.32. The van der Waals surface area contributed by atoms with Gasteiger partial charge in [0.2, 0.25) is 0 Å². The van der Waals surface area contributed by atoms with E-state index in [2.05, 4.69) is 15.9 Å². The van der Waals surface area contributed by atoms with Gasteiger partial charge in [0.25, 0.3) is 0 Å². The molecule has 0 N–H and O–H groups in total. The Bertz CT molecular complexity index is 660. The van der Waals surface area contributed by atoms with E-state index < -0.39 is 11.9 Å². The van der Waals surface area contributed by atoms with Crippen LogP contribution in [0.15, 0.2) is 27.9 Å². The highest BCUT2D eigenvalue weighted by Crippen LogP contribution is 2.31. The Kier molecular flexibility index (Phi) is 5.43. The predicted octanol–water partition coefficient (Wildman–Crippen LogP) is 2.46. The SMILES string of the molecule is COC(=O)C1=C(C(=O)OC)N(c2cc(C)c(Br)c(C)c2)COC1. The lowest BCUT2D eigenvalue weighted by Gasteiger charge is -2.31. The van der Waals surface area contributed by atoms with Gasteiger partial charge in [-0.05, 0) is 37.1 Å². The predicted molar refractivity (Wildman–Crippen MR) is 88.0 cm³/mol. The van der Waals surface area contributed by atoms with Gasteiger partial charge in [0.05, 0.1) is 26.4 Å². The van der Waals surface area contributed by atoms with Crippen molar-refractivity contribution in [1.82, 2.24) is 0 Å². The Balaban J connectivity index is 2.59. The van der Waals surface area contributed by atoms with Crippen LogP contribution in [0.4, 0.5) is 5.69 Å². The van der Waals surface area contributed by atoms with Crippen molar-refractivity contribution in [2.24, 2.45) is 0 Å². The fourth-order valence-electron chi connectivity index (χ4n) is 2.43. The number of carbonyl (C=O) groups excluding carboxylic acids is 2. The van der Waals surface area contributed by atoms with Crippen molar-refractivity contribution in [1.29, 1.82) is 0 Å². The molecule has 0 fully saturated rings. The van der Waals surface area contributed by atoms with Gasteiger partial charge in [-0.2, -0.15) is 0 Å². The van der Waals surface area contributed by atoms with E-state index in [0.29, 0.717) is 0 Å². The van der Waals surface area contributed by atoms with Crippen molar-refractivity contribution in [2.45, 2.75) is 13.8 Å². The molecule has 1 aromatic carbocycles. The third-order valence-corrected chi connectivity index (χ3v) is 4.82. The molecule has 1 aliphatic rings. The highest BCUT2D eigenvalue weighted by molar-refractivity contribution is 9.10. The molecule has 0 amide bonds. The van der Waals surface area contributed by atoms with Crippen molar-refractivity contribution in [3.8, 4) is 0 Å². The number of halogens is 1. The van der Waals surface area contributed by atoms with Gasteiger partial charge >= 0.3 is 11.9 Å². The zero-order chi connectivity index (χ0) is 17.1. The van der Waals surface area contributed by atoms with Gasteiger partial charge in [-0.1, -0.05) is 15.9 Å². The standard InChI is InChI=1S/C16H18BrNO5/c1-9-5-11(6-10(2)13(9)17)18-8-23-7-12(15(19)21-3)14(18)16(20)22-4/h5-6H,7-8H2,1-4H3. The second-order valence-electron chi connectivity index (χ2n) is 5.11. The maximum Gasteiger partial charge on any atom is 0.355 e. The number of anilines is 1. The van der Waals surface area contributed by atoms with E-state index in [9.17, 15) is 9.59 Å². The number of ether oxygens (including phenoxy) is 3. The fraction of sp³-hybridized carbons (Fsp3) is 0.375. The average Bonchev–Trinajstić information content (AvgIpc) is 2.57. The first-order valence-corrected chi connectivity index (χ1v) is 7.71. The summed E-state index contributed by atoms with van der Waals surface area (Å²) in [4.78, 5) is 25.8. The van der Waals surface area contributed by atoms with Crippen LogP contribution in [0.5, 0.6) is 0 Å². The molecule has 1 aromatic rings. The summed E-state index contributed by atoms with van der Waals surface area (Å²) in [5, 5.41) is 0. The van der Waals surface area contributed by atoms with Crippen LogP contribution in [-0.4, -0.2) is 39.5 Å². The lowest BCUT2D eigenvalue weighted by Crippen LogP contribution is -2.38. The molecule has 1 aliphatic heterocycles. The van der Waals surface area contributed by atoms with Gasteiger partial charge < -0.3 is 19.1 Å². The van der Waals surface area contributed by atoms with Crippen molar-refractivity contribution in [3.05, 3.63) is 39.0 Å². The van der Waals surface area contributed by atoms with Gasteiger partial charge in [-0.25, -0.2) is 9.59 Å². The fourth-order valence-corrected chi connectivity index (χ4v) is 2.66. The van der Waals surface area contributed by atoms with E-state index in [1.165, 1.54) is 14.2 Å². The molecule has 0 radical (unpaired) electrons. The number of methoxy groups -OCH3 is 2. The number of benzene rings is 1. The minimum atomic E-state index is -0.611. The maximum atomic E-state index is 12.2. The number of hydrogen-bond donors (Lipinski definition) is 0. The second-order valence-corrected chi connectivity index (χ2v) is 5.90. The Morgan fingerprint density at radius 2 is 1.70 bits per heavy atom. The molecule has 0 spiro atoms. The molecule has 2 rings (SSSR count). The van der Waals surface area contributed by atoms with Crippen LogP contribution in [0.2, 0.25) is 0 Å². The number of hydrogen-bond acceptors (Lipinski definition) is 6. The van der Waals surface area contributed by atoms with Crippen molar-refractivity contribution < 1.29 is 23.8 Å². The lowest BCUT2D eigenvalue weighted by atomic mass is 10.1. The minimum absolute atomic E-state index is 0.00208. The third kappa shape index (κ3) is 3.40. The molecule has 0 aliphatic carbocycles. The van der Waals surface area contributed by atoms with E-state index in [1.807, 2.05) is 26.0 Å². The molecule has 0 saturated carbocycles. The molecule has 7 heteroatoms. The number of carbonyl (C=O) groups is 2. The van der Waals surface area contributed by atoms with E-state index in [0.717, 1.165) is 21.3 Å². The smallest absolute Gasteiger partial charge is 0.355 e. The van der Waals surface area contributed by atoms with E-state index >= 15 is 0 Å². The number of nitrogens with zero attached hydrogens (tertiary/aromatic N) is 1. The van der Waals surface area contributed by atoms with Crippen LogP contribution in [-0.2, 0) is 23.8 Å². The molecular formula is C16H18BrNO5. The van der Waals surface area contributed by atoms with Crippen molar-refractivity contribution in [2.75, 3.05) is 32.5 Å². The molecule has 0 unspecified atom stereocenters. The molecule has 23 heavy (non-hydrogen) atoms. The first-order valence-electron chi connectivity index (χ1n) is 6.92. The van der Waals surface area contributed by atoms with Crippen LogP contribution < -0.4 is 4.90 Å². The first-order chi connectivity index (χ1) is 10.9. The summed E-state index contributed by atoms with van der Waals surface area (Å²) in [7, 11) is 2.53. The summed E-state index contributed by atoms with van der Waals surface area (Å²) >= 11 is 3.51. The second kappa shape index (κ2) is 7.14. The van der Waals surface area contributed by atoms with Gasteiger partial charge in [0, 0.05) is 10.2 Å². The summed E-state index contributed by atoms with van der Waals surface area (Å²) in [5.41, 5.74) is 3.05. The number of rotatable bonds is 3. The minimum Gasteiger partial charge on any atom is -0.466 e. The normalized spacial score (nSPS) is 14.7.